The lowest BCUT2D eigenvalue weighted by atomic mass is 10.2. The summed E-state index contributed by atoms with van der Waals surface area (Å²) in [7, 11) is 0. The molecule has 0 aliphatic carbocycles. The molecular weight excluding hydrogens is 258 g/mol. The zero-order chi connectivity index (χ0) is 14.8. The number of hydrogen-bond donors (Lipinski definition) is 4. The fraction of sp³-hybridized carbons (Fsp3) is 0.286. The minimum Gasteiger partial charge on any atom is -0.395 e. The first kappa shape index (κ1) is 15.9. The van der Waals surface area contributed by atoms with Crippen molar-refractivity contribution in [1.29, 1.82) is 0 Å². The van der Waals surface area contributed by atoms with Gasteiger partial charge in [-0.05, 0) is 24.3 Å². The van der Waals surface area contributed by atoms with E-state index in [1.54, 1.807) is 30.3 Å². The fourth-order valence-electron chi connectivity index (χ4n) is 1.47. The number of aliphatic hydroxyl groups excluding tert-OH is 1. The summed E-state index contributed by atoms with van der Waals surface area (Å²) < 4.78 is 0. The molecule has 2 amide bonds. The highest BCUT2D eigenvalue weighted by atomic mass is 16.3. The molecule has 0 saturated carbocycles. The summed E-state index contributed by atoms with van der Waals surface area (Å²) in [5.74, 6) is -0.422. The number of carbonyl (C=O) groups is 2. The average molecular weight is 277 g/mol. The Kier molecular flexibility index (Phi) is 7.02. The Hall–Kier alpha value is -2.18. The normalized spacial score (nSPS) is 9.85. The van der Waals surface area contributed by atoms with Crippen molar-refractivity contribution in [1.82, 2.24) is 10.6 Å². The highest BCUT2D eigenvalue weighted by molar-refractivity contribution is 5.96. The second-order valence-electron chi connectivity index (χ2n) is 4.02. The van der Waals surface area contributed by atoms with Crippen LogP contribution in [0.15, 0.2) is 36.9 Å². The molecule has 0 aliphatic heterocycles. The highest BCUT2D eigenvalue weighted by Crippen LogP contribution is 2.09. The van der Waals surface area contributed by atoms with Gasteiger partial charge in [-0.25, -0.2) is 0 Å². The van der Waals surface area contributed by atoms with Crippen molar-refractivity contribution < 1.29 is 14.7 Å². The van der Waals surface area contributed by atoms with E-state index in [-0.39, 0.29) is 31.5 Å². The van der Waals surface area contributed by atoms with E-state index < -0.39 is 0 Å². The SMILES string of the molecule is C=CCNCC(=O)Nc1ccc(C(=O)NCCO)cc1. The van der Waals surface area contributed by atoms with Crippen LogP contribution in [-0.2, 0) is 4.79 Å². The topological polar surface area (TPSA) is 90.5 Å². The van der Waals surface area contributed by atoms with Crippen LogP contribution in [0.4, 0.5) is 5.69 Å². The van der Waals surface area contributed by atoms with Gasteiger partial charge in [-0.1, -0.05) is 6.08 Å². The van der Waals surface area contributed by atoms with Crippen molar-refractivity contribution in [3.63, 3.8) is 0 Å². The minimum absolute atomic E-state index is 0.0996. The van der Waals surface area contributed by atoms with Gasteiger partial charge in [0.15, 0.2) is 0 Å². The first-order valence-electron chi connectivity index (χ1n) is 6.28. The molecule has 108 valence electrons. The van der Waals surface area contributed by atoms with Crippen LogP contribution < -0.4 is 16.0 Å². The van der Waals surface area contributed by atoms with E-state index in [0.717, 1.165) is 0 Å². The lowest BCUT2D eigenvalue weighted by Crippen LogP contribution is -2.28. The van der Waals surface area contributed by atoms with Crippen molar-refractivity contribution in [3.05, 3.63) is 42.5 Å². The first-order valence-corrected chi connectivity index (χ1v) is 6.28. The molecule has 0 fully saturated rings. The molecule has 20 heavy (non-hydrogen) atoms. The van der Waals surface area contributed by atoms with Gasteiger partial charge in [0.2, 0.25) is 5.91 Å². The van der Waals surface area contributed by atoms with Crippen molar-refractivity contribution in [2.45, 2.75) is 0 Å². The molecule has 1 aromatic carbocycles. The predicted octanol–water partition coefficient (Wildman–Crippen LogP) is 0.123. The van der Waals surface area contributed by atoms with Gasteiger partial charge in [-0.2, -0.15) is 0 Å². The third-order valence-electron chi connectivity index (χ3n) is 2.40. The Labute approximate surface area is 117 Å². The van der Waals surface area contributed by atoms with Crippen LogP contribution in [0.5, 0.6) is 0 Å². The van der Waals surface area contributed by atoms with Crippen LogP contribution in [0.1, 0.15) is 10.4 Å². The van der Waals surface area contributed by atoms with E-state index in [1.807, 2.05) is 0 Å². The molecule has 0 aliphatic rings. The Morgan fingerprint density at radius 1 is 1.25 bits per heavy atom. The monoisotopic (exact) mass is 277 g/mol. The molecule has 1 rings (SSSR count). The van der Waals surface area contributed by atoms with Gasteiger partial charge in [0.05, 0.1) is 13.2 Å². The molecule has 4 N–H and O–H groups in total. The maximum atomic E-state index is 11.6. The van der Waals surface area contributed by atoms with Crippen molar-refractivity contribution in [3.8, 4) is 0 Å². The zero-order valence-electron chi connectivity index (χ0n) is 11.2. The second kappa shape index (κ2) is 8.84. The summed E-state index contributed by atoms with van der Waals surface area (Å²) in [6.07, 6.45) is 1.67. The van der Waals surface area contributed by atoms with Gasteiger partial charge in [0.25, 0.3) is 5.91 Å². The van der Waals surface area contributed by atoms with Crippen LogP contribution in [0.3, 0.4) is 0 Å². The minimum atomic E-state index is -0.260. The molecule has 0 bridgehead atoms. The number of nitrogens with one attached hydrogen (secondary N) is 3. The van der Waals surface area contributed by atoms with Gasteiger partial charge < -0.3 is 21.1 Å². The van der Waals surface area contributed by atoms with Gasteiger partial charge in [-0.3, -0.25) is 9.59 Å². The fourth-order valence-corrected chi connectivity index (χ4v) is 1.47. The molecule has 0 aromatic heterocycles. The maximum Gasteiger partial charge on any atom is 0.251 e. The van der Waals surface area contributed by atoms with Gasteiger partial charge in [-0.15, -0.1) is 6.58 Å². The lowest BCUT2D eigenvalue weighted by molar-refractivity contribution is -0.115. The Balaban J connectivity index is 2.47. The molecule has 0 unspecified atom stereocenters. The van der Waals surface area contributed by atoms with E-state index >= 15 is 0 Å². The largest absolute Gasteiger partial charge is 0.395 e. The third-order valence-corrected chi connectivity index (χ3v) is 2.40. The van der Waals surface area contributed by atoms with Crippen molar-refractivity contribution >= 4 is 17.5 Å². The Morgan fingerprint density at radius 3 is 2.55 bits per heavy atom. The molecule has 0 spiro atoms. The van der Waals surface area contributed by atoms with Crippen LogP contribution in [0.2, 0.25) is 0 Å². The van der Waals surface area contributed by atoms with E-state index in [4.69, 9.17) is 5.11 Å². The number of rotatable bonds is 8. The third kappa shape index (κ3) is 5.64. The molecule has 0 radical (unpaired) electrons. The molecule has 0 atom stereocenters. The molecule has 6 heteroatoms. The number of benzene rings is 1. The van der Waals surface area contributed by atoms with Crippen LogP contribution in [0, 0.1) is 0 Å². The quantitative estimate of drug-likeness (QED) is 0.401. The van der Waals surface area contributed by atoms with E-state index in [1.165, 1.54) is 0 Å². The Morgan fingerprint density at radius 2 is 1.95 bits per heavy atom. The average Bonchev–Trinajstić information content (AvgIpc) is 2.46. The van der Waals surface area contributed by atoms with Crippen molar-refractivity contribution in [2.24, 2.45) is 0 Å². The zero-order valence-corrected chi connectivity index (χ0v) is 11.2. The van der Waals surface area contributed by atoms with Crippen molar-refractivity contribution in [2.75, 3.05) is 31.6 Å². The second-order valence-corrected chi connectivity index (χ2v) is 4.02. The first-order chi connectivity index (χ1) is 9.67. The van der Waals surface area contributed by atoms with Crippen LogP contribution in [-0.4, -0.2) is 43.2 Å². The summed E-state index contributed by atoms with van der Waals surface area (Å²) >= 11 is 0. The molecule has 0 saturated heterocycles. The predicted molar refractivity (Wildman–Crippen MR) is 77.6 cm³/mol. The molecular formula is C14H19N3O3. The summed E-state index contributed by atoms with van der Waals surface area (Å²) in [4.78, 5) is 23.1. The van der Waals surface area contributed by atoms with E-state index in [9.17, 15) is 9.59 Å². The number of carbonyl (C=O) groups excluding carboxylic acids is 2. The maximum absolute atomic E-state index is 11.6. The molecule has 6 nitrogen and oxygen atoms in total. The standard InChI is InChI=1S/C14H19N3O3/c1-2-7-15-10-13(19)17-12-5-3-11(4-6-12)14(20)16-8-9-18/h2-6,15,18H,1,7-10H2,(H,16,20)(H,17,19). The smallest absolute Gasteiger partial charge is 0.251 e. The van der Waals surface area contributed by atoms with Gasteiger partial charge in [0, 0.05) is 24.3 Å². The number of amides is 2. The summed E-state index contributed by atoms with van der Waals surface area (Å²) in [6, 6.07) is 6.53. The van der Waals surface area contributed by atoms with E-state index in [2.05, 4.69) is 22.5 Å². The highest BCUT2D eigenvalue weighted by Gasteiger charge is 2.05. The van der Waals surface area contributed by atoms with E-state index in [0.29, 0.717) is 17.8 Å². The van der Waals surface area contributed by atoms with Gasteiger partial charge >= 0.3 is 0 Å². The molecule has 0 heterocycles. The van der Waals surface area contributed by atoms with Gasteiger partial charge in [0.1, 0.15) is 0 Å². The number of aliphatic hydroxyl groups is 1. The molecule has 1 aromatic rings. The summed E-state index contributed by atoms with van der Waals surface area (Å²) in [5.41, 5.74) is 1.09. The number of hydrogen-bond acceptors (Lipinski definition) is 4. The number of anilines is 1. The van der Waals surface area contributed by atoms with Crippen LogP contribution in [0.25, 0.3) is 0 Å². The summed E-state index contributed by atoms with van der Waals surface area (Å²) in [6.45, 7) is 4.42. The lowest BCUT2D eigenvalue weighted by Gasteiger charge is -2.07. The van der Waals surface area contributed by atoms with Crippen LogP contribution >= 0.6 is 0 Å². The summed E-state index contributed by atoms with van der Waals surface area (Å²) in [5, 5.41) is 16.8. The Bertz CT molecular complexity index is 457.